The van der Waals surface area contributed by atoms with E-state index in [0.29, 0.717) is 0 Å². The van der Waals surface area contributed by atoms with Gasteiger partial charge in [0.15, 0.2) is 0 Å². The Morgan fingerprint density at radius 3 is 1.76 bits per heavy atom. The summed E-state index contributed by atoms with van der Waals surface area (Å²) in [6.07, 6.45) is 1.42. The zero-order valence-corrected chi connectivity index (χ0v) is 22.6. The van der Waals surface area contributed by atoms with Crippen LogP contribution >= 0.6 is 34.0 Å². The second kappa shape index (κ2) is 10.6. The molecule has 7 heteroatoms. The summed E-state index contributed by atoms with van der Waals surface area (Å²) in [6, 6.07) is 31.3. The SMILES string of the molecule is Cc1ccc(N(c2ccc(C)cc2)c2ccc(-c3ccc(-c4ccc(/C=C(/C#N)C(=O)O)s4)s3)s2)cc1. The minimum atomic E-state index is -1.21. The Hall–Kier alpha value is -3.96. The van der Waals surface area contributed by atoms with E-state index in [4.69, 9.17) is 10.4 Å². The first-order valence-corrected chi connectivity index (χ1v) is 13.9. The Balaban J connectivity index is 1.45. The number of thiophene rings is 3. The molecule has 182 valence electrons. The van der Waals surface area contributed by atoms with Crippen LogP contribution in [0.2, 0.25) is 0 Å². The highest BCUT2D eigenvalue weighted by molar-refractivity contribution is 7.27. The molecule has 0 aliphatic heterocycles. The van der Waals surface area contributed by atoms with E-state index < -0.39 is 5.97 Å². The summed E-state index contributed by atoms with van der Waals surface area (Å²) in [7, 11) is 0. The van der Waals surface area contributed by atoms with Gasteiger partial charge in [0.2, 0.25) is 0 Å². The summed E-state index contributed by atoms with van der Waals surface area (Å²) in [4.78, 5) is 18.7. The maximum absolute atomic E-state index is 11.1. The van der Waals surface area contributed by atoms with E-state index in [-0.39, 0.29) is 5.57 Å². The van der Waals surface area contributed by atoms with Crippen LogP contribution < -0.4 is 4.90 Å². The molecule has 5 aromatic rings. The largest absolute Gasteiger partial charge is 0.477 e. The van der Waals surface area contributed by atoms with Crippen molar-refractivity contribution in [2.75, 3.05) is 4.90 Å². The van der Waals surface area contributed by atoms with Gasteiger partial charge in [-0.05, 0) is 80.6 Å². The molecule has 3 aromatic heterocycles. The van der Waals surface area contributed by atoms with Gasteiger partial charge in [-0.3, -0.25) is 0 Å². The van der Waals surface area contributed by atoms with E-state index >= 15 is 0 Å². The number of rotatable bonds is 7. The summed E-state index contributed by atoms with van der Waals surface area (Å²) in [5, 5.41) is 19.3. The molecule has 5 rings (SSSR count). The van der Waals surface area contributed by atoms with Gasteiger partial charge in [-0.1, -0.05) is 35.4 Å². The first-order valence-electron chi connectivity index (χ1n) is 11.5. The molecule has 0 unspecified atom stereocenters. The maximum Gasteiger partial charge on any atom is 0.346 e. The number of carbonyl (C=O) groups is 1. The minimum absolute atomic E-state index is 0.266. The van der Waals surface area contributed by atoms with Crippen LogP contribution in [0.1, 0.15) is 16.0 Å². The van der Waals surface area contributed by atoms with Crippen LogP contribution in [-0.4, -0.2) is 11.1 Å². The topological polar surface area (TPSA) is 64.3 Å². The van der Waals surface area contributed by atoms with Gasteiger partial charge in [-0.2, -0.15) is 5.26 Å². The highest BCUT2D eigenvalue weighted by atomic mass is 32.1. The lowest BCUT2D eigenvalue weighted by molar-refractivity contribution is -0.132. The minimum Gasteiger partial charge on any atom is -0.477 e. The Bertz CT molecular complexity index is 1590. The number of nitrogens with zero attached hydrogens (tertiary/aromatic N) is 2. The number of benzene rings is 2. The molecule has 0 aliphatic rings. The van der Waals surface area contributed by atoms with Gasteiger partial charge in [-0.25, -0.2) is 4.79 Å². The van der Waals surface area contributed by atoms with Crippen LogP contribution in [0.4, 0.5) is 16.4 Å². The Morgan fingerprint density at radius 1 is 0.730 bits per heavy atom. The van der Waals surface area contributed by atoms with Gasteiger partial charge >= 0.3 is 5.97 Å². The Morgan fingerprint density at radius 2 is 1.22 bits per heavy atom. The molecule has 4 nitrogen and oxygen atoms in total. The highest BCUT2D eigenvalue weighted by Gasteiger charge is 2.16. The molecule has 0 amide bonds. The van der Waals surface area contributed by atoms with Gasteiger partial charge in [0.1, 0.15) is 16.6 Å². The summed E-state index contributed by atoms with van der Waals surface area (Å²) in [5.74, 6) is -1.21. The third kappa shape index (κ3) is 5.42. The maximum atomic E-state index is 11.1. The van der Waals surface area contributed by atoms with Crippen LogP contribution in [0.3, 0.4) is 0 Å². The average Bonchev–Trinajstić information content (AvgIpc) is 3.66. The molecule has 0 radical (unpaired) electrons. The number of carboxylic acid groups (broad SMARTS) is 1. The molecule has 0 saturated carbocycles. The number of hydrogen-bond donors (Lipinski definition) is 1. The van der Waals surface area contributed by atoms with Crippen molar-refractivity contribution >= 4 is 62.4 Å². The summed E-state index contributed by atoms with van der Waals surface area (Å²) >= 11 is 4.93. The zero-order chi connectivity index (χ0) is 25.9. The van der Waals surface area contributed by atoms with Crippen LogP contribution in [0.15, 0.2) is 90.5 Å². The summed E-state index contributed by atoms with van der Waals surface area (Å²) < 4.78 is 0. The lowest BCUT2D eigenvalue weighted by Gasteiger charge is -2.24. The molecule has 0 atom stereocenters. The molecule has 0 spiro atoms. The number of anilines is 3. The third-order valence-corrected chi connectivity index (χ3v) is 9.33. The summed E-state index contributed by atoms with van der Waals surface area (Å²) in [5.41, 5.74) is 4.42. The van der Waals surface area contributed by atoms with E-state index in [2.05, 4.69) is 91.5 Å². The van der Waals surface area contributed by atoms with E-state index in [9.17, 15) is 4.79 Å². The predicted octanol–water partition coefficient (Wildman–Crippen LogP) is 9.28. The third-order valence-electron chi connectivity index (χ3n) is 5.75. The second-order valence-corrected chi connectivity index (χ2v) is 11.7. The lowest BCUT2D eigenvalue weighted by atomic mass is 10.1. The second-order valence-electron chi connectivity index (χ2n) is 8.49. The average molecular weight is 539 g/mol. The van der Waals surface area contributed by atoms with Crippen molar-refractivity contribution in [1.29, 1.82) is 5.26 Å². The van der Waals surface area contributed by atoms with Crippen molar-refractivity contribution in [2.45, 2.75) is 13.8 Å². The fraction of sp³-hybridized carbons (Fsp3) is 0.0667. The first kappa shape index (κ1) is 24.7. The smallest absolute Gasteiger partial charge is 0.346 e. The number of aryl methyl sites for hydroxylation is 2. The lowest BCUT2D eigenvalue weighted by Crippen LogP contribution is -2.08. The quantitative estimate of drug-likeness (QED) is 0.166. The van der Waals surface area contributed by atoms with Crippen LogP contribution in [0, 0.1) is 25.2 Å². The highest BCUT2D eigenvalue weighted by Crippen LogP contribution is 2.45. The monoisotopic (exact) mass is 538 g/mol. The number of carboxylic acids is 1. The molecule has 0 bridgehead atoms. The zero-order valence-electron chi connectivity index (χ0n) is 20.1. The van der Waals surface area contributed by atoms with Crippen LogP contribution in [-0.2, 0) is 4.79 Å². The van der Waals surface area contributed by atoms with Gasteiger partial charge in [0.05, 0.1) is 0 Å². The van der Waals surface area contributed by atoms with Crippen molar-refractivity contribution in [3.8, 4) is 25.6 Å². The van der Waals surface area contributed by atoms with E-state index in [1.54, 1.807) is 28.7 Å². The first-order chi connectivity index (χ1) is 17.9. The van der Waals surface area contributed by atoms with Crippen LogP contribution in [0.5, 0.6) is 0 Å². The molecule has 1 N–H and O–H groups in total. The van der Waals surface area contributed by atoms with Crippen LogP contribution in [0.25, 0.3) is 25.6 Å². The molecule has 0 saturated heterocycles. The molecule has 37 heavy (non-hydrogen) atoms. The molecule has 2 aromatic carbocycles. The van der Waals surface area contributed by atoms with Crippen molar-refractivity contribution in [1.82, 2.24) is 0 Å². The van der Waals surface area contributed by atoms with Gasteiger partial charge in [0, 0.05) is 35.8 Å². The number of nitriles is 1. The van der Waals surface area contributed by atoms with E-state index in [1.807, 2.05) is 12.1 Å². The van der Waals surface area contributed by atoms with Crippen molar-refractivity contribution in [3.63, 3.8) is 0 Å². The standard InChI is InChI=1S/C30H22N2O2S3/c1-19-3-7-22(8-4-19)32(23-9-5-20(2)6-10-23)29-16-15-28(37-29)27-14-13-26(36-27)25-12-11-24(35-25)17-21(18-31)30(33)34/h3-17H,1-2H3,(H,33,34)/b21-17-. The van der Waals surface area contributed by atoms with Crippen molar-refractivity contribution < 1.29 is 9.90 Å². The van der Waals surface area contributed by atoms with E-state index in [0.717, 1.165) is 31.0 Å². The van der Waals surface area contributed by atoms with Gasteiger partial charge in [-0.15, -0.1) is 34.0 Å². The molecule has 0 fully saturated rings. The number of hydrogen-bond acceptors (Lipinski definition) is 6. The van der Waals surface area contributed by atoms with Gasteiger partial charge in [0.25, 0.3) is 0 Å². The Labute approximate surface area is 227 Å². The Kier molecular flexibility index (Phi) is 7.06. The fourth-order valence-electron chi connectivity index (χ4n) is 3.82. The normalized spacial score (nSPS) is 11.3. The van der Waals surface area contributed by atoms with Crippen molar-refractivity contribution in [3.05, 3.63) is 107 Å². The molecular formula is C30H22N2O2S3. The number of aliphatic carboxylic acids is 1. The van der Waals surface area contributed by atoms with E-state index in [1.165, 1.54) is 38.3 Å². The fourth-order valence-corrected chi connectivity index (χ4v) is 7.01. The molecule has 3 heterocycles. The van der Waals surface area contributed by atoms with Crippen molar-refractivity contribution in [2.24, 2.45) is 0 Å². The van der Waals surface area contributed by atoms with Gasteiger partial charge < -0.3 is 10.0 Å². The predicted molar refractivity (Wildman–Crippen MR) is 156 cm³/mol. The molecular weight excluding hydrogens is 517 g/mol. The molecule has 0 aliphatic carbocycles. The summed E-state index contributed by atoms with van der Waals surface area (Å²) in [6.45, 7) is 4.19.